The van der Waals surface area contributed by atoms with E-state index in [9.17, 15) is 27.6 Å². The molecule has 0 aliphatic carbocycles. The van der Waals surface area contributed by atoms with Crippen molar-refractivity contribution in [1.29, 1.82) is 0 Å². The number of amides is 2. The van der Waals surface area contributed by atoms with Crippen LogP contribution in [0, 0.1) is 0 Å². The molecule has 1 unspecified atom stereocenters. The number of carboxylic acid groups (broad SMARTS) is 1. The smallest absolute Gasteiger partial charge is 0.416 e. The van der Waals surface area contributed by atoms with Gasteiger partial charge in [-0.1, -0.05) is 12.1 Å². The highest BCUT2D eigenvalue weighted by Crippen LogP contribution is 2.32. The lowest BCUT2D eigenvalue weighted by Gasteiger charge is -2.29. The molecule has 26 heavy (non-hydrogen) atoms. The van der Waals surface area contributed by atoms with Crippen LogP contribution < -0.4 is 11.1 Å². The van der Waals surface area contributed by atoms with Crippen molar-refractivity contribution in [3.63, 3.8) is 0 Å². The molecule has 0 bridgehead atoms. The Kier molecular flexibility index (Phi) is 5.26. The number of nitrogens with two attached hydrogens (primary N) is 1. The molecule has 1 aromatic rings. The van der Waals surface area contributed by atoms with Gasteiger partial charge in [0.1, 0.15) is 11.6 Å². The predicted octanol–water partition coefficient (Wildman–Crippen LogP) is 1.15. The van der Waals surface area contributed by atoms with Gasteiger partial charge in [-0.2, -0.15) is 13.2 Å². The zero-order chi connectivity index (χ0) is 19.7. The van der Waals surface area contributed by atoms with Crippen molar-refractivity contribution in [1.82, 2.24) is 5.32 Å². The van der Waals surface area contributed by atoms with E-state index in [4.69, 9.17) is 15.6 Å². The third-order valence-electron chi connectivity index (χ3n) is 4.22. The maximum Gasteiger partial charge on any atom is 0.416 e. The summed E-state index contributed by atoms with van der Waals surface area (Å²) in [7, 11) is 0. The Morgan fingerprint density at radius 1 is 1.19 bits per heavy atom. The number of halogens is 3. The zero-order valence-corrected chi connectivity index (χ0v) is 13.7. The summed E-state index contributed by atoms with van der Waals surface area (Å²) in [4.78, 5) is 35.1. The van der Waals surface area contributed by atoms with Crippen LogP contribution in [0.5, 0.6) is 0 Å². The Morgan fingerprint density at radius 2 is 1.77 bits per heavy atom. The Balaban J connectivity index is 2.27. The van der Waals surface area contributed by atoms with E-state index < -0.39 is 47.3 Å². The number of carbonyl (C=O) groups excluding carboxylic acids is 2. The summed E-state index contributed by atoms with van der Waals surface area (Å²) in [6.07, 6.45) is -6.73. The summed E-state index contributed by atoms with van der Waals surface area (Å²) in [5.74, 6) is -3.12. The van der Waals surface area contributed by atoms with Gasteiger partial charge in [0.25, 0.3) is 0 Å². The molecular weight excluding hydrogens is 357 g/mol. The number of aliphatic carboxylic acids is 1. The highest BCUT2D eigenvalue weighted by molar-refractivity contribution is 5.93. The quantitative estimate of drug-likeness (QED) is 0.715. The van der Waals surface area contributed by atoms with E-state index in [1.807, 2.05) is 0 Å². The van der Waals surface area contributed by atoms with Crippen LogP contribution in [0.4, 0.5) is 13.2 Å². The van der Waals surface area contributed by atoms with E-state index in [0.29, 0.717) is 0 Å². The van der Waals surface area contributed by atoms with E-state index in [1.165, 1.54) is 13.0 Å². The van der Waals surface area contributed by atoms with Crippen molar-refractivity contribution < 1.29 is 37.4 Å². The van der Waals surface area contributed by atoms with Crippen LogP contribution in [-0.2, 0) is 30.8 Å². The van der Waals surface area contributed by atoms with Crippen LogP contribution in [0.15, 0.2) is 24.3 Å². The fourth-order valence-electron chi connectivity index (χ4n) is 2.62. The predicted molar refractivity (Wildman–Crippen MR) is 81.7 cm³/mol. The molecule has 4 N–H and O–H groups in total. The fourth-order valence-corrected chi connectivity index (χ4v) is 2.62. The molecule has 1 aromatic carbocycles. The minimum Gasteiger partial charge on any atom is -0.479 e. The van der Waals surface area contributed by atoms with Gasteiger partial charge in [-0.3, -0.25) is 9.59 Å². The third-order valence-corrected chi connectivity index (χ3v) is 4.22. The molecule has 1 aliphatic rings. The molecule has 142 valence electrons. The molecule has 1 heterocycles. The number of alkyl halides is 3. The normalized spacial score (nSPS) is 22.5. The van der Waals surface area contributed by atoms with Crippen molar-refractivity contribution in [2.45, 2.75) is 43.7 Å². The van der Waals surface area contributed by atoms with Crippen molar-refractivity contribution in [3.8, 4) is 0 Å². The van der Waals surface area contributed by atoms with Gasteiger partial charge in [0.05, 0.1) is 5.56 Å². The van der Waals surface area contributed by atoms with Crippen molar-refractivity contribution in [2.24, 2.45) is 5.73 Å². The lowest BCUT2D eigenvalue weighted by Crippen LogP contribution is -2.55. The van der Waals surface area contributed by atoms with Crippen LogP contribution in [0.25, 0.3) is 0 Å². The van der Waals surface area contributed by atoms with Crippen molar-refractivity contribution in [3.05, 3.63) is 35.4 Å². The van der Waals surface area contributed by atoms with Gasteiger partial charge in [-0.15, -0.1) is 0 Å². The Morgan fingerprint density at radius 3 is 2.27 bits per heavy atom. The van der Waals surface area contributed by atoms with E-state index in [2.05, 4.69) is 5.32 Å². The first kappa shape index (κ1) is 19.7. The maximum atomic E-state index is 12.9. The number of benzene rings is 1. The van der Waals surface area contributed by atoms with E-state index >= 15 is 0 Å². The van der Waals surface area contributed by atoms with Crippen LogP contribution in [-0.4, -0.2) is 35.1 Å². The number of nitrogens with one attached hydrogen (secondary N) is 1. The fraction of sp³-hybridized carbons (Fsp3) is 0.438. The van der Waals surface area contributed by atoms with Gasteiger partial charge >= 0.3 is 12.1 Å². The topological polar surface area (TPSA) is 119 Å². The third kappa shape index (κ3) is 3.96. The summed E-state index contributed by atoms with van der Waals surface area (Å²) < 4.78 is 43.8. The summed E-state index contributed by atoms with van der Waals surface area (Å²) in [6, 6.07) is 3.87. The largest absolute Gasteiger partial charge is 0.479 e. The summed E-state index contributed by atoms with van der Waals surface area (Å²) in [6.45, 7) is 1.17. The summed E-state index contributed by atoms with van der Waals surface area (Å²) in [5, 5.41) is 11.2. The molecule has 3 atom stereocenters. The van der Waals surface area contributed by atoms with Crippen LogP contribution in [0.2, 0.25) is 0 Å². The molecule has 1 aliphatic heterocycles. The standard InChI is InChI=1S/C16H17F3N2O5/c1-15(14(20)25,8-3-2-4-9(7-8)16(17,18)19)21-12(22)10-5-6-11(26-10)13(23)24/h2-4,7,10-11H,5-6H2,1H3,(H2,20,25)(H,21,22)(H,23,24)/t10-,11+,15?/m0/s1. The molecule has 0 aromatic heterocycles. The molecule has 0 spiro atoms. The molecule has 1 fully saturated rings. The van der Waals surface area contributed by atoms with Crippen LogP contribution in [0.3, 0.4) is 0 Å². The van der Waals surface area contributed by atoms with Gasteiger partial charge in [0, 0.05) is 0 Å². The number of primary amides is 1. The van der Waals surface area contributed by atoms with Crippen LogP contribution >= 0.6 is 0 Å². The summed E-state index contributed by atoms with van der Waals surface area (Å²) in [5.41, 5.74) is 2.24. The Hall–Kier alpha value is -2.62. The first-order valence-electron chi connectivity index (χ1n) is 7.63. The number of ether oxygens (including phenoxy) is 1. The molecule has 10 heteroatoms. The number of carbonyl (C=O) groups is 3. The van der Waals surface area contributed by atoms with E-state index in [1.54, 1.807) is 0 Å². The first-order valence-corrected chi connectivity index (χ1v) is 7.63. The van der Waals surface area contributed by atoms with Gasteiger partial charge < -0.3 is 20.9 Å². The number of carboxylic acids is 1. The first-order chi connectivity index (χ1) is 11.9. The van der Waals surface area contributed by atoms with E-state index in [0.717, 1.165) is 18.2 Å². The van der Waals surface area contributed by atoms with Crippen molar-refractivity contribution >= 4 is 17.8 Å². The molecule has 0 radical (unpaired) electrons. The molecule has 0 saturated carbocycles. The van der Waals surface area contributed by atoms with Gasteiger partial charge in [-0.05, 0) is 37.5 Å². The lowest BCUT2D eigenvalue weighted by atomic mass is 9.89. The van der Waals surface area contributed by atoms with Gasteiger partial charge in [0.2, 0.25) is 11.8 Å². The lowest BCUT2D eigenvalue weighted by molar-refractivity contribution is -0.152. The SMILES string of the molecule is CC(NC(=O)[C@@H]1CC[C@H](C(=O)O)O1)(C(N)=O)c1cccc(C(F)(F)F)c1. The second-order valence-corrected chi connectivity index (χ2v) is 6.09. The Bertz CT molecular complexity index is 737. The minimum atomic E-state index is -4.64. The summed E-state index contributed by atoms with van der Waals surface area (Å²) >= 11 is 0. The second kappa shape index (κ2) is 6.94. The number of rotatable bonds is 5. The molecule has 7 nitrogen and oxygen atoms in total. The minimum absolute atomic E-state index is 0.0975. The molecule has 2 rings (SSSR count). The van der Waals surface area contributed by atoms with Gasteiger partial charge in [-0.25, -0.2) is 4.79 Å². The highest BCUT2D eigenvalue weighted by atomic mass is 19.4. The van der Waals surface area contributed by atoms with Crippen molar-refractivity contribution in [2.75, 3.05) is 0 Å². The molecule has 1 saturated heterocycles. The van der Waals surface area contributed by atoms with Gasteiger partial charge in [0.15, 0.2) is 6.10 Å². The Labute approximate surface area is 146 Å². The average molecular weight is 374 g/mol. The monoisotopic (exact) mass is 374 g/mol. The number of hydrogen-bond donors (Lipinski definition) is 3. The number of hydrogen-bond acceptors (Lipinski definition) is 4. The average Bonchev–Trinajstić information content (AvgIpc) is 3.04. The maximum absolute atomic E-state index is 12.9. The molecule has 2 amide bonds. The zero-order valence-electron chi connectivity index (χ0n) is 13.7. The highest BCUT2D eigenvalue weighted by Gasteiger charge is 2.41. The molecular formula is C16H17F3N2O5. The van der Waals surface area contributed by atoms with Crippen LogP contribution in [0.1, 0.15) is 30.9 Å². The van der Waals surface area contributed by atoms with E-state index in [-0.39, 0.29) is 18.4 Å². The second-order valence-electron chi connectivity index (χ2n) is 6.09.